The quantitative estimate of drug-likeness (QED) is 0.553. The Morgan fingerprint density at radius 2 is 1.56 bits per heavy atom. The minimum atomic E-state index is -2.07. The van der Waals surface area contributed by atoms with Crippen molar-refractivity contribution in [3.63, 3.8) is 0 Å². The molecule has 0 aromatic rings. The second kappa shape index (κ2) is 8.45. The fourth-order valence-corrected chi connectivity index (χ4v) is 3.34. The third-order valence-corrected chi connectivity index (χ3v) is 5.04. The highest BCUT2D eigenvalue weighted by molar-refractivity contribution is 6.24. The third kappa shape index (κ3) is 4.50. The molecule has 0 radical (unpaired) electrons. The van der Waals surface area contributed by atoms with Gasteiger partial charge in [-0.3, -0.25) is 9.59 Å². The van der Waals surface area contributed by atoms with Gasteiger partial charge in [-0.1, -0.05) is 48.0 Å². The van der Waals surface area contributed by atoms with Gasteiger partial charge in [0, 0.05) is 5.92 Å². The molecule has 1 rings (SSSR count). The largest absolute Gasteiger partial charge is 0.508 e. The molecule has 0 aromatic carbocycles. The lowest BCUT2D eigenvalue weighted by atomic mass is 9.78. The van der Waals surface area contributed by atoms with E-state index in [9.17, 15) is 24.9 Å². The molecule has 25 heavy (non-hydrogen) atoms. The monoisotopic (exact) mass is 354 g/mol. The second-order valence-electron chi connectivity index (χ2n) is 8.44. The van der Waals surface area contributed by atoms with Crippen molar-refractivity contribution in [1.29, 1.82) is 0 Å². The van der Waals surface area contributed by atoms with Crippen LogP contribution in [0.2, 0.25) is 0 Å². The van der Waals surface area contributed by atoms with Crippen LogP contribution in [0.3, 0.4) is 0 Å². The SMILES string of the molecule is CC(C)CC[C@@H]1C(=O)C(C(=O)C(C)C)=C(O)C1(O)[C@@H](O)CCC(C)C. The molecule has 5 heteroatoms. The molecule has 0 amide bonds. The van der Waals surface area contributed by atoms with Gasteiger partial charge in [0.1, 0.15) is 11.3 Å². The summed E-state index contributed by atoms with van der Waals surface area (Å²) in [6.07, 6.45) is 0.604. The van der Waals surface area contributed by atoms with Crippen molar-refractivity contribution in [2.45, 2.75) is 78.9 Å². The van der Waals surface area contributed by atoms with E-state index in [1.54, 1.807) is 13.8 Å². The van der Waals surface area contributed by atoms with Crippen molar-refractivity contribution in [1.82, 2.24) is 0 Å². The van der Waals surface area contributed by atoms with Crippen LogP contribution in [0.4, 0.5) is 0 Å². The number of carbonyl (C=O) groups is 2. The predicted molar refractivity (Wildman–Crippen MR) is 97.1 cm³/mol. The summed E-state index contributed by atoms with van der Waals surface area (Å²) in [5, 5.41) is 32.4. The standard InChI is InChI=1S/C20H34O5/c1-11(2)7-9-14-18(23)16(17(22)13(5)6)19(24)20(14,25)15(21)10-8-12(3)4/h11-15,21,24-25H,7-10H2,1-6H3/t14-,15+,20?/m1/s1. The Kier molecular flexibility index (Phi) is 7.39. The van der Waals surface area contributed by atoms with E-state index in [1.807, 2.05) is 27.7 Å². The molecule has 0 aromatic heterocycles. The second-order valence-corrected chi connectivity index (χ2v) is 8.44. The first-order valence-electron chi connectivity index (χ1n) is 9.37. The summed E-state index contributed by atoms with van der Waals surface area (Å²) in [6.45, 7) is 11.3. The van der Waals surface area contributed by atoms with E-state index in [1.165, 1.54) is 0 Å². The summed E-state index contributed by atoms with van der Waals surface area (Å²) in [6, 6.07) is 0. The van der Waals surface area contributed by atoms with Crippen molar-refractivity contribution in [2.24, 2.45) is 23.7 Å². The summed E-state index contributed by atoms with van der Waals surface area (Å²) in [5.74, 6) is -2.49. The summed E-state index contributed by atoms with van der Waals surface area (Å²) in [4.78, 5) is 25.2. The molecule has 0 aliphatic heterocycles. The van der Waals surface area contributed by atoms with E-state index < -0.39 is 40.9 Å². The molecule has 0 spiro atoms. The number of ketones is 2. The lowest BCUT2D eigenvalue weighted by Crippen LogP contribution is -2.49. The van der Waals surface area contributed by atoms with E-state index in [-0.39, 0.29) is 12.0 Å². The van der Waals surface area contributed by atoms with Crippen LogP contribution < -0.4 is 0 Å². The first-order valence-corrected chi connectivity index (χ1v) is 9.37. The molecule has 144 valence electrons. The van der Waals surface area contributed by atoms with Gasteiger partial charge in [0.2, 0.25) is 0 Å². The van der Waals surface area contributed by atoms with Gasteiger partial charge in [0.25, 0.3) is 0 Å². The highest BCUT2D eigenvalue weighted by atomic mass is 16.4. The number of allylic oxidation sites excluding steroid dienone is 1. The topological polar surface area (TPSA) is 94.8 Å². The molecule has 5 nitrogen and oxygen atoms in total. The zero-order valence-corrected chi connectivity index (χ0v) is 16.4. The van der Waals surface area contributed by atoms with E-state index in [0.29, 0.717) is 31.1 Å². The van der Waals surface area contributed by atoms with Crippen LogP contribution in [0.25, 0.3) is 0 Å². The van der Waals surface area contributed by atoms with Crippen LogP contribution in [0.15, 0.2) is 11.3 Å². The van der Waals surface area contributed by atoms with E-state index in [4.69, 9.17) is 0 Å². The van der Waals surface area contributed by atoms with E-state index in [0.717, 1.165) is 0 Å². The Morgan fingerprint density at radius 3 is 2.00 bits per heavy atom. The first-order chi connectivity index (χ1) is 11.4. The maximum absolute atomic E-state index is 12.8. The smallest absolute Gasteiger partial charge is 0.176 e. The molecule has 0 saturated heterocycles. The summed E-state index contributed by atoms with van der Waals surface area (Å²) >= 11 is 0. The van der Waals surface area contributed by atoms with Gasteiger partial charge in [-0.15, -0.1) is 0 Å². The zero-order chi connectivity index (χ0) is 19.5. The van der Waals surface area contributed by atoms with Gasteiger partial charge in [0.15, 0.2) is 17.2 Å². The summed E-state index contributed by atoms with van der Waals surface area (Å²) in [7, 11) is 0. The van der Waals surface area contributed by atoms with E-state index >= 15 is 0 Å². The van der Waals surface area contributed by atoms with Gasteiger partial charge in [0.05, 0.1) is 12.0 Å². The minimum Gasteiger partial charge on any atom is -0.508 e. The van der Waals surface area contributed by atoms with Crippen LogP contribution in [-0.2, 0) is 9.59 Å². The predicted octanol–water partition coefficient (Wildman–Crippen LogP) is 3.19. The molecule has 1 aliphatic rings. The van der Waals surface area contributed by atoms with E-state index in [2.05, 4.69) is 0 Å². The van der Waals surface area contributed by atoms with Crippen LogP contribution in [-0.4, -0.2) is 38.6 Å². The van der Waals surface area contributed by atoms with Crippen LogP contribution >= 0.6 is 0 Å². The molecule has 0 fully saturated rings. The number of aliphatic hydroxyl groups excluding tert-OH is 2. The van der Waals surface area contributed by atoms with Gasteiger partial charge in [-0.05, 0) is 31.1 Å². The van der Waals surface area contributed by atoms with Gasteiger partial charge in [-0.25, -0.2) is 0 Å². The van der Waals surface area contributed by atoms with Crippen LogP contribution in [0, 0.1) is 23.7 Å². The Morgan fingerprint density at radius 1 is 1.04 bits per heavy atom. The number of hydrogen-bond donors (Lipinski definition) is 3. The van der Waals surface area contributed by atoms with Crippen molar-refractivity contribution in [2.75, 3.05) is 0 Å². The molecule has 0 bridgehead atoms. The highest BCUT2D eigenvalue weighted by Crippen LogP contribution is 2.44. The average Bonchev–Trinajstić information content (AvgIpc) is 2.69. The lowest BCUT2D eigenvalue weighted by molar-refractivity contribution is -0.137. The minimum absolute atomic E-state index is 0.257. The van der Waals surface area contributed by atoms with Crippen molar-refractivity contribution >= 4 is 11.6 Å². The first kappa shape index (κ1) is 21.8. The molecule has 3 atom stereocenters. The summed E-state index contributed by atoms with van der Waals surface area (Å²) < 4.78 is 0. The molecular formula is C20H34O5. The third-order valence-electron chi connectivity index (χ3n) is 5.04. The molecule has 0 heterocycles. The van der Waals surface area contributed by atoms with Crippen molar-refractivity contribution < 1.29 is 24.9 Å². The van der Waals surface area contributed by atoms with Gasteiger partial charge in [-0.2, -0.15) is 0 Å². The fraction of sp³-hybridized carbons (Fsp3) is 0.800. The lowest BCUT2D eigenvalue weighted by Gasteiger charge is -2.34. The molecular weight excluding hydrogens is 320 g/mol. The molecule has 1 unspecified atom stereocenters. The number of carbonyl (C=O) groups excluding carboxylic acids is 2. The Labute approximate surface area is 151 Å². The van der Waals surface area contributed by atoms with Crippen molar-refractivity contribution in [3.05, 3.63) is 11.3 Å². The van der Waals surface area contributed by atoms with Crippen LogP contribution in [0.1, 0.15) is 67.2 Å². The van der Waals surface area contributed by atoms with Gasteiger partial charge >= 0.3 is 0 Å². The highest BCUT2D eigenvalue weighted by Gasteiger charge is 2.58. The Balaban J connectivity index is 3.27. The number of hydrogen-bond acceptors (Lipinski definition) is 5. The molecule has 3 N–H and O–H groups in total. The Hall–Kier alpha value is -1.20. The Bertz CT molecular complexity index is 532. The number of Topliss-reactive ketones (excluding diaryl/α,β-unsaturated/α-hetero) is 2. The molecule has 0 saturated carbocycles. The number of aliphatic hydroxyl groups is 3. The number of rotatable bonds is 9. The fourth-order valence-electron chi connectivity index (χ4n) is 3.34. The zero-order valence-electron chi connectivity index (χ0n) is 16.4. The average molecular weight is 354 g/mol. The van der Waals surface area contributed by atoms with Crippen LogP contribution in [0.5, 0.6) is 0 Å². The summed E-state index contributed by atoms with van der Waals surface area (Å²) in [5.41, 5.74) is -2.39. The maximum Gasteiger partial charge on any atom is 0.176 e. The molecule has 1 aliphatic carbocycles. The van der Waals surface area contributed by atoms with Crippen molar-refractivity contribution in [3.8, 4) is 0 Å². The maximum atomic E-state index is 12.8. The van der Waals surface area contributed by atoms with Gasteiger partial charge < -0.3 is 15.3 Å². The normalized spacial score (nSPS) is 25.6.